The zero-order valence-electron chi connectivity index (χ0n) is 10.7. The molecule has 20 heavy (non-hydrogen) atoms. The lowest BCUT2D eigenvalue weighted by atomic mass is 10.3. The lowest BCUT2D eigenvalue weighted by molar-refractivity contribution is 0.628. The van der Waals surface area contributed by atoms with Crippen molar-refractivity contribution in [2.24, 2.45) is 0 Å². The Morgan fingerprint density at radius 2 is 1.95 bits per heavy atom. The molecule has 0 saturated carbocycles. The molecule has 0 atom stereocenters. The largest absolute Gasteiger partial charge is 0.385 e. The molecule has 3 nitrogen and oxygen atoms in total. The third-order valence-electron chi connectivity index (χ3n) is 3.10. The lowest BCUT2D eigenvalue weighted by Gasteiger charge is -2.05. The molecule has 2 aromatic heterocycles. The van der Waals surface area contributed by atoms with Gasteiger partial charge in [-0.25, -0.2) is 9.37 Å². The second-order valence-corrected chi connectivity index (χ2v) is 5.21. The number of halogens is 2. The minimum absolute atomic E-state index is 0.223. The molecule has 0 aliphatic heterocycles. The second kappa shape index (κ2) is 5.63. The molecule has 5 heteroatoms. The monoisotopic (exact) mass is 333 g/mol. The number of imidazole rings is 1. The van der Waals surface area contributed by atoms with Gasteiger partial charge in [0.05, 0.1) is 5.52 Å². The standard InChI is InChI=1S/C15H13BrFN3/c16-15-13-3-1-2-10-20(13)14(19-15)8-9-18-12-6-4-11(17)5-7-12/h1-7,10,18H,8-9H2. The predicted octanol–water partition coefficient (Wildman–Crippen LogP) is 3.89. The second-order valence-electron chi connectivity index (χ2n) is 4.46. The number of fused-ring (bicyclic) bond motifs is 1. The lowest BCUT2D eigenvalue weighted by Crippen LogP contribution is -2.07. The molecule has 0 bridgehead atoms. The summed E-state index contributed by atoms with van der Waals surface area (Å²) >= 11 is 3.47. The molecule has 102 valence electrons. The fourth-order valence-electron chi connectivity index (χ4n) is 2.12. The van der Waals surface area contributed by atoms with E-state index in [4.69, 9.17) is 0 Å². The maximum absolute atomic E-state index is 12.8. The molecule has 0 unspecified atom stereocenters. The highest BCUT2D eigenvalue weighted by Crippen LogP contribution is 2.18. The number of nitrogens with one attached hydrogen (secondary N) is 1. The first-order chi connectivity index (χ1) is 9.74. The van der Waals surface area contributed by atoms with Crippen molar-refractivity contribution in [2.75, 3.05) is 11.9 Å². The van der Waals surface area contributed by atoms with Gasteiger partial charge in [-0.1, -0.05) is 6.07 Å². The van der Waals surface area contributed by atoms with Crippen LogP contribution >= 0.6 is 15.9 Å². The molecule has 0 aliphatic rings. The van der Waals surface area contributed by atoms with Crippen molar-refractivity contribution in [1.82, 2.24) is 9.38 Å². The molecule has 3 aromatic rings. The minimum Gasteiger partial charge on any atom is -0.385 e. The summed E-state index contributed by atoms with van der Waals surface area (Å²) in [5.41, 5.74) is 1.97. The summed E-state index contributed by atoms with van der Waals surface area (Å²) in [7, 11) is 0. The first-order valence-corrected chi connectivity index (χ1v) is 7.14. The Morgan fingerprint density at radius 1 is 1.15 bits per heavy atom. The Balaban J connectivity index is 1.70. The van der Waals surface area contributed by atoms with E-state index in [0.29, 0.717) is 0 Å². The van der Waals surface area contributed by atoms with Crippen molar-refractivity contribution in [3.63, 3.8) is 0 Å². The van der Waals surface area contributed by atoms with Crippen molar-refractivity contribution < 1.29 is 4.39 Å². The van der Waals surface area contributed by atoms with Crippen LogP contribution in [0.5, 0.6) is 0 Å². The summed E-state index contributed by atoms with van der Waals surface area (Å²) in [5, 5.41) is 3.26. The van der Waals surface area contributed by atoms with E-state index in [1.54, 1.807) is 12.1 Å². The van der Waals surface area contributed by atoms with E-state index < -0.39 is 0 Å². The number of anilines is 1. The van der Waals surface area contributed by atoms with Gasteiger partial charge in [-0.15, -0.1) is 0 Å². The highest BCUT2D eigenvalue weighted by atomic mass is 79.9. The summed E-state index contributed by atoms with van der Waals surface area (Å²) < 4.78 is 15.7. The third kappa shape index (κ3) is 2.67. The van der Waals surface area contributed by atoms with Crippen LogP contribution in [0.2, 0.25) is 0 Å². The highest BCUT2D eigenvalue weighted by Gasteiger charge is 2.07. The van der Waals surface area contributed by atoms with Crippen LogP contribution in [-0.2, 0) is 6.42 Å². The molecular formula is C15H13BrFN3. The van der Waals surface area contributed by atoms with E-state index in [9.17, 15) is 4.39 Å². The topological polar surface area (TPSA) is 29.3 Å². The number of nitrogens with zero attached hydrogens (tertiary/aromatic N) is 2. The van der Waals surface area contributed by atoms with Crippen LogP contribution in [-0.4, -0.2) is 15.9 Å². The Labute approximate surface area is 124 Å². The van der Waals surface area contributed by atoms with E-state index in [2.05, 4.69) is 30.6 Å². The van der Waals surface area contributed by atoms with Gasteiger partial charge in [-0.2, -0.15) is 0 Å². The van der Waals surface area contributed by atoms with Gasteiger partial charge in [0.2, 0.25) is 0 Å². The van der Waals surface area contributed by atoms with Gasteiger partial charge in [0.25, 0.3) is 0 Å². The van der Waals surface area contributed by atoms with Crippen molar-refractivity contribution in [1.29, 1.82) is 0 Å². The maximum atomic E-state index is 12.8. The van der Waals surface area contributed by atoms with Crippen molar-refractivity contribution in [2.45, 2.75) is 6.42 Å². The highest BCUT2D eigenvalue weighted by molar-refractivity contribution is 9.10. The first-order valence-electron chi connectivity index (χ1n) is 6.35. The molecule has 0 radical (unpaired) electrons. The Hall–Kier alpha value is -1.88. The summed E-state index contributed by atoms with van der Waals surface area (Å²) in [5.74, 6) is 0.765. The van der Waals surface area contributed by atoms with E-state index in [1.165, 1.54) is 12.1 Å². The summed E-state index contributed by atoms with van der Waals surface area (Å²) in [6, 6.07) is 12.4. The normalized spacial score (nSPS) is 10.9. The van der Waals surface area contributed by atoms with Crippen LogP contribution in [0.1, 0.15) is 5.82 Å². The van der Waals surface area contributed by atoms with Gasteiger partial charge in [-0.05, 0) is 52.3 Å². The quantitative estimate of drug-likeness (QED) is 0.784. The van der Waals surface area contributed by atoms with E-state index >= 15 is 0 Å². The zero-order valence-corrected chi connectivity index (χ0v) is 12.3. The number of benzene rings is 1. The van der Waals surface area contributed by atoms with Crippen molar-refractivity contribution in [3.05, 3.63) is 64.9 Å². The van der Waals surface area contributed by atoms with Crippen LogP contribution in [0.3, 0.4) is 0 Å². The van der Waals surface area contributed by atoms with Crippen LogP contribution < -0.4 is 5.32 Å². The van der Waals surface area contributed by atoms with Crippen LogP contribution in [0.15, 0.2) is 53.3 Å². The van der Waals surface area contributed by atoms with Crippen LogP contribution in [0.25, 0.3) is 5.52 Å². The van der Waals surface area contributed by atoms with Gasteiger partial charge in [-0.3, -0.25) is 0 Å². The molecule has 0 saturated heterocycles. The van der Waals surface area contributed by atoms with Crippen molar-refractivity contribution in [3.8, 4) is 0 Å². The summed E-state index contributed by atoms with van der Waals surface area (Å²) in [4.78, 5) is 4.51. The fraction of sp³-hybridized carbons (Fsp3) is 0.133. The van der Waals surface area contributed by atoms with Crippen LogP contribution in [0.4, 0.5) is 10.1 Å². The Bertz CT molecular complexity index is 722. The number of pyridine rings is 1. The maximum Gasteiger partial charge on any atom is 0.132 e. The van der Waals surface area contributed by atoms with Gasteiger partial charge in [0.1, 0.15) is 16.2 Å². The third-order valence-corrected chi connectivity index (χ3v) is 3.68. The van der Waals surface area contributed by atoms with Crippen molar-refractivity contribution >= 4 is 27.1 Å². The number of hydrogen-bond donors (Lipinski definition) is 1. The molecule has 0 fully saturated rings. The van der Waals surface area contributed by atoms with Gasteiger partial charge >= 0.3 is 0 Å². The summed E-state index contributed by atoms with van der Waals surface area (Å²) in [6.45, 7) is 0.742. The average Bonchev–Trinajstić information content (AvgIpc) is 2.79. The fourth-order valence-corrected chi connectivity index (χ4v) is 2.65. The van der Waals surface area contributed by atoms with Gasteiger partial charge in [0, 0.05) is 24.8 Å². The number of rotatable bonds is 4. The van der Waals surface area contributed by atoms with E-state index in [1.807, 2.05) is 24.4 Å². The summed E-state index contributed by atoms with van der Waals surface area (Å²) in [6.07, 6.45) is 2.79. The molecule has 0 aliphatic carbocycles. The zero-order chi connectivity index (χ0) is 13.9. The van der Waals surface area contributed by atoms with E-state index in [-0.39, 0.29) is 5.82 Å². The Kier molecular flexibility index (Phi) is 3.69. The van der Waals surface area contributed by atoms with E-state index in [0.717, 1.165) is 34.6 Å². The average molecular weight is 334 g/mol. The molecular weight excluding hydrogens is 321 g/mol. The molecule has 1 aromatic carbocycles. The molecule has 0 spiro atoms. The molecule has 1 N–H and O–H groups in total. The minimum atomic E-state index is -0.223. The molecule has 2 heterocycles. The number of aromatic nitrogens is 2. The molecule has 0 amide bonds. The Morgan fingerprint density at radius 3 is 2.75 bits per heavy atom. The van der Waals surface area contributed by atoms with Crippen LogP contribution in [0, 0.1) is 5.82 Å². The SMILES string of the molecule is Fc1ccc(NCCc2nc(Br)c3ccccn23)cc1. The van der Waals surface area contributed by atoms with Gasteiger partial charge in [0.15, 0.2) is 0 Å². The predicted molar refractivity (Wildman–Crippen MR) is 81.5 cm³/mol. The molecule has 3 rings (SSSR count). The smallest absolute Gasteiger partial charge is 0.132 e. The number of hydrogen-bond acceptors (Lipinski definition) is 2. The first kappa shape index (κ1) is 13.1. The van der Waals surface area contributed by atoms with Gasteiger partial charge < -0.3 is 9.72 Å².